The molecule has 0 bridgehead atoms. The van der Waals surface area contributed by atoms with Crippen molar-refractivity contribution >= 4 is 6.29 Å². The first-order valence-electron chi connectivity index (χ1n) is 38.8. The zero-order valence-corrected chi connectivity index (χ0v) is 66.9. The molecule has 538 valence electrons. The monoisotopic (exact) mass is 1310 g/mol. The fourth-order valence-corrected chi connectivity index (χ4v) is 11.8. The van der Waals surface area contributed by atoms with Gasteiger partial charge in [0.25, 0.3) is 0 Å². The molecule has 0 aliphatic carbocycles. The highest BCUT2D eigenvalue weighted by molar-refractivity contribution is 5.65. The molecule has 0 aromatic carbocycles. The highest BCUT2D eigenvalue weighted by atomic mass is 16.1. The molecule has 1 heteroatoms. The lowest BCUT2D eigenvalue weighted by atomic mass is 10.0. The van der Waals surface area contributed by atoms with E-state index in [-0.39, 0.29) is 0 Å². The minimum absolute atomic E-state index is 0.887. The summed E-state index contributed by atoms with van der Waals surface area (Å²) < 4.78 is 0. The number of aldehydes is 1. The Kier molecular flexibility index (Phi) is 57.5. The fourth-order valence-electron chi connectivity index (χ4n) is 11.8. The Labute approximate surface area is 598 Å². The molecule has 96 heavy (non-hydrogen) atoms. The molecule has 0 radical (unpaired) electrons. The summed E-state index contributed by atoms with van der Waals surface area (Å²) in [5.41, 5.74) is 28.4. The van der Waals surface area contributed by atoms with Crippen LogP contribution >= 0.6 is 0 Å². The maximum Gasteiger partial charge on any atom is 0.142 e. The number of hydrogen-bond donors (Lipinski definition) is 0. The first-order chi connectivity index (χ1) is 45.9. The number of rotatable bonds is 55. The second-order valence-corrected chi connectivity index (χ2v) is 30.0. The van der Waals surface area contributed by atoms with E-state index in [1.165, 1.54) is 184 Å². The molecule has 0 N–H and O–H groups in total. The van der Waals surface area contributed by atoms with E-state index in [2.05, 4.69) is 241 Å². The van der Waals surface area contributed by atoms with Crippen LogP contribution in [0.3, 0.4) is 0 Å². The standard InChI is InChI=1S/C95H152O/c1-77(2)39-21-40-78(3)41-22-42-79(4)43-23-44-80(5)45-24-46-81(6)47-25-48-82(7)49-26-50-83(8)51-27-52-84(9)53-28-54-85(10)55-29-56-86(11)57-30-58-87(12)59-31-60-88(13)61-32-62-89(14)63-33-64-90(15)65-34-66-91(16)67-35-68-92(17)69-36-70-93(18)71-37-72-94(19)73-38-74-95(20)75-76-96/h39,41,43,45,47,49,51,53,55,57,59,61,63,65,67,69,71,73,75-76H,21-38,40,42,44,46,48,50,52,54,56,58,60,62,64,66,68,70,72,74H2,1-20H3/b78-41+,79-43+,80-45+,81-47+,82-49+,83-51+,84-53+,85-55+,86-57+,87-59+,88-61+,89-63+,90-65+,91-67+,92-69+,93-71+,94-73+,95-75+. The van der Waals surface area contributed by atoms with Gasteiger partial charge in [-0.1, -0.05) is 215 Å². The minimum atomic E-state index is 0.887. The number of hydrogen-bond acceptors (Lipinski definition) is 1. The third-order valence-corrected chi connectivity index (χ3v) is 19.0. The van der Waals surface area contributed by atoms with Gasteiger partial charge in [0.2, 0.25) is 0 Å². The van der Waals surface area contributed by atoms with Crippen LogP contribution in [0.1, 0.15) is 370 Å². The van der Waals surface area contributed by atoms with Crippen LogP contribution in [0.25, 0.3) is 0 Å². The summed E-state index contributed by atoms with van der Waals surface area (Å²) in [5.74, 6) is 0. The Morgan fingerprint density at radius 1 is 0.146 bits per heavy atom. The molecule has 0 aliphatic heterocycles. The van der Waals surface area contributed by atoms with E-state index < -0.39 is 0 Å². The summed E-state index contributed by atoms with van der Waals surface area (Å²) in [4.78, 5) is 10.6. The van der Waals surface area contributed by atoms with Gasteiger partial charge in [-0.15, -0.1) is 0 Å². The summed E-state index contributed by atoms with van der Waals surface area (Å²) in [6.07, 6.45) is 88.0. The quantitative estimate of drug-likeness (QED) is 0.0337. The van der Waals surface area contributed by atoms with E-state index in [0.717, 1.165) is 160 Å². The van der Waals surface area contributed by atoms with Gasteiger partial charge in [0.15, 0.2) is 0 Å². The number of carbonyl (C=O) groups is 1. The zero-order valence-electron chi connectivity index (χ0n) is 66.9. The SMILES string of the molecule is CC(C)=CCC/C(C)=C/CC/C(C)=C/CC/C(C)=C/CC/C(C)=C/CC/C(C)=C/CC/C(C)=C/CC/C(C)=C/CC/C(C)=C/CC/C(C)=C/CC/C(C)=C/CC/C(C)=C/CC/C(C)=C/CC/C(C)=C/CC/C(C)=C/CC/C(C)=C/CC/C(C)=C/CC/C(C)=C/CC/C(C)=C/C=O. The van der Waals surface area contributed by atoms with Gasteiger partial charge in [0, 0.05) is 0 Å². The molecular weight excluding hydrogens is 1160 g/mol. The molecule has 1 nitrogen and oxygen atoms in total. The van der Waals surface area contributed by atoms with Gasteiger partial charge in [-0.25, -0.2) is 0 Å². The van der Waals surface area contributed by atoms with Crippen LogP contribution in [-0.4, -0.2) is 6.29 Å². The summed E-state index contributed by atoms with van der Waals surface area (Å²) in [5, 5.41) is 0. The van der Waals surface area contributed by atoms with E-state index in [1.807, 2.05) is 6.92 Å². The van der Waals surface area contributed by atoms with E-state index in [9.17, 15) is 4.79 Å². The maximum absolute atomic E-state index is 10.6. The van der Waals surface area contributed by atoms with Gasteiger partial charge in [-0.3, -0.25) is 4.79 Å². The van der Waals surface area contributed by atoms with Crippen molar-refractivity contribution < 1.29 is 4.79 Å². The lowest BCUT2D eigenvalue weighted by Gasteiger charge is -2.05. The molecule has 0 saturated carbocycles. The van der Waals surface area contributed by atoms with Crippen molar-refractivity contribution in [3.63, 3.8) is 0 Å². The van der Waals surface area contributed by atoms with Gasteiger partial charge >= 0.3 is 0 Å². The normalized spacial score (nSPS) is 15.2. The predicted molar refractivity (Wildman–Crippen MR) is 439 cm³/mol. The number of carbonyl (C=O) groups excluding carboxylic acids is 1. The Balaban J connectivity index is 4.35. The van der Waals surface area contributed by atoms with Crippen molar-refractivity contribution in [1.82, 2.24) is 0 Å². The van der Waals surface area contributed by atoms with Crippen molar-refractivity contribution in [3.8, 4) is 0 Å². The molecule has 0 amide bonds. The fraction of sp³-hybridized carbons (Fsp3) is 0.589. The minimum Gasteiger partial charge on any atom is -0.299 e. The van der Waals surface area contributed by atoms with Gasteiger partial charge < -0.3 is 0 Å². The summed E-state index contributed by atoms with van der Waals surface area (Å²) in [6.45, 7) is 45.6. The molecule has 0 unspecified atom stereocenters. The van der Waals surface area contributed by atoms with Crippen LogP contribution < -0.4 is 0 Å². The second kappa shape index (κ2) is 60.9. The van der Waals surface area contributed by atoms with Gasteiger partial charge in [0.1, 0.15) is 6.29 Å². The van der Waals surface area contributed by atoms with Gasteiger partial charge in [-0.05, 0) is 376 Å². The average molecular weight is 1310 g/mol. The van der Waals surface area contributed by atoms with Crippen molar-refractivity contribution in [2.24, 2.45) is 0 Å². The Morgan fingerprint density at radius 2 is 0.240 bits per heavy atom. The summed E-state index contributed by atoms with van der Waals surface area (Å²) >= 11 is 0. The third-order valence-electron chi connectivity index (χ3n) is 19.0. The lowest BCUT2D eigenvalue weighted by molar-refractivity contribution is -0.104. The topological polar surface area (TPSA) is 17.1 Å². The summed E-state index contributed by atoms with van der Waals surface area (Å²) in [7, 11) is 0. The molecule has 0 fully saturated rings. The molecule has 0 heterocycles. The second-order valence-electron chi connectivity index (χ2n) is 30.0. The highest BCUT2D eigenvalue weighted by Gasteiger charge is 2.02. The summed E-state index contributed by atoms with van der Waals surface area (Å²) in [6, 6.07) is 0. The average Bonchev–Trinajstić information content (AvgIpc) is 3.73. The predicted octanol–water partition coefficient (Wildman–Crippen LogP) is 32.2. The van der Waals surface area contributed by atoms with E-state index in [1.54, 1.807) is 6.08 Å². The molecule has 0 aromatic rings. The molecular formula is C95H152O. The van der Waals surface area contributed by atoms with Gasteiger partial charge in [0.05, 0.1) is 0 Å². The van der Waals surface area contributed by atoms with E-state index >= 15 is 0 Å². The first-order valence-corrected chi connectivity index (χ1v) is 38.8. The van der Waals surface area contributed by atoms with Crippen LogP contribution in [-0.2, 0) is 4.79 Å². The molecule has 0 rings (SSSR count). The van der Waals surface area contributed by atoms with Crippen molar-refractivity contribution in [3.05, 3.63) is 221 Å². The zero-order chi connectivity index (χ0) is 71.6. The molecule has 0 aromatic heterocycles. The largest absolute Gasteiger partial charge is 0.299 e. The molecule has 0 spiro atoms. The number of allylic oxidation sites excluding steroid dienone is 38. The Morgan fingerprint density at radius 3 is 0.333 bits per heavy atom. The van der Waals surface area contributed by atoms with E-state index in [4.69, 9.17) is 0 Å². The van der Waals surface area contributed by atoms with Crippen LogP contribution in [0.5, 0.6) is 0 Å². The van der Waals surface area contributed by atoms with Crippen LogP contribution in [0.15, 0.2) is 221 Å². The lowest BCUT2D eigenvalue weighted by Crippen LogP contribution is -1.84. The van der Waals surface area contributed by atoms with Crippen molar-refractivity contribution in [2.75, 3.05) is 0 Å². The van der Waals surface area contributed by atoms with Gasteiger partial charge in [-0.2, -0.15) is 0 Å². The van der Waals surface area contributed by atoms with Crippen LogP contribution in [0.4, 0.5) is 0 Å². The molecule has 0 aliphatic rings. The van der Waals surface area contributed by atoms with Crippen LogP contribution in [0, 0.1) is 0 Å². The maximum atomic E-state index is 10.6. The third kappa shape index (κ3) is 61.1. The van der Waals surface area contributed by atoms with Crippen LogP contribution in [0.2, 0.25) is 0 Å². The van der Waals surface area contributed by atoms with Crippen molar-refractivity contribution in [1.29, 1.82) is 0 Å². The molecule has 0 atom stereocenters. The van der Waals surface area contributed by atoms with Crippen molar-refractivity contribution in [2.45, 2.75) is 370 Å². The first kappa shape index (κ1) is 90.7. The van der Waals surface area contributed by atoms with E-state index in [0.29, 0.717) is 0 Å². The Bertz CT molecular complexity index is 2780. The highest BCUT2D eigenvalue weighted by Crippen LogP contribution is 2.22. The molecule has 0 saturated heterocycles. The smallest absolute Gasteiger partial charge is 0.142 e. The Hall–Kier alpha value is -5.27.